The van der Waals surface area contributed by atoms with Gasteiger partial charge in [0.2, 0.25) is 0 Å². The Bertz CT molecular complexity index is 618. The molecule has 0 aliphatic rings. The van der Waals surface area contributed by atoms with E-state index in [-0.39, 0.29) is 18.2 Å². The van der Waals surface area contributed by atoms with E-state index in [0.717, 1.165) is 17.7 Å². The second-order valence-corrected chi connectivity index (χ2v) is 6.22. The Hall–Kier alpha value is -1.32. The van der Waals surface area contributed by atoms with Gasteiger partial charge in [0.15, 0.2) is 0 Å². The van der Waals surface area contributed by atoms with Gasteiger partial charge in [-0.25, -0.2) is 0 Å². The van der Waals surface area contributed by atoms with Gasteiger partial charge in [0.05, 0.1) is 4.88 Å². The number of nitrogens with one attached hydrogen (secondary N) is 1. The summed E-state index contributed by atoms with van der Waals surface area (Å²) in [7, 11) is 0. The molecule has 4 heteroatoms. The molecular weight excluding hydrogens is 300 g/mol. The minimum atomic E-state index is 0. The number of benzene rings is 1. The molecule has 0 aliphatic heterocycles. The lowest BCUT2D eigenvalue weighted by molar-refractivity contribution is 0.578. The van der Waals surface area contributed by atoms with E-state index in [0.29, 0.717) is 5.92 Å². The highest BCUT2D eigenvalue weighted by Crippen LogP contribution is 2.35. The van der Waals surface area contributed by atoms with Gasteiger partial charge in [-0.2, -0.15) is 0 Å². The SMILES string of the molecule is C=CCCC(CCC)c1cccc2sc(C(=N)N)cc12.Cl. The van der Waals surface area contributed by atoms with Crippen LogP contribution >= 0.6 is 23.7 Å². The van der Waals surface area contributed by atoms with Crippen molar-refractivity contribution in [2.75, 3.05) is 0 Å². The van der Waals surface area contributed by atoms with E-state index in [9.17, 15) is 0 Å². The average Bonchev–Trinajstić information content (AvgIpc) is 2.87. The maximum absolute atomic E-state index is 7.61. The molecule has 3 N–H and O–H groups in total. The minimum Gasteiger partial charge on any atom is -0.383 e. The molecule has 1 aromatic carbocycles. The highest BCUT2D eigenvalue weighted by Gasteiger charge is 2.15. The van der Waals surface area contributed by atoms with Crippen LogP contribution in [0.4, 0.5) is 0 Å². The van der Waals surface area contributed by atoms with Crippen LogP contribution in [0.2, 0.25) is 0 Å². The van der Waals surface area contributed by atoms with Gasteiger partial charge >= 0.3 is 0 Å². The van der Waals surface area contributed by atoms with Crippen molar-refractivity contribution in [1.82, 2.24) is 0 Å². The number of hydrogen-bond donors (Lipinski definition) is 2. The zero-order chi connectivity index (χ0) is 14.5. The first-order valence-electron chi connectivity index (χ1n) is 7.15. The number of allylic oxidation sites excluding steroid dienone is 1. The van der Waals surface area contributed by atoms with Crippen molar-refractivity contribution in [2.45, 2.75) is 38.5 Å². The molecule has 0 fully saturated rings. The lowest BCUT2D eigenvalue weighted by Crippen LogP contribution is -2.08. The fourth-order valence-corrected chi connectivity index (χ4v) is 3.65. The molecule has 2 aromatic rings. The van der Waals surface area contributed by atoms with E-state index in [1.165, 1.54) is 28.5 Å². The van der Waals surface area contributed by atoms with Crippen molar-refractivity contribution in [3.05, 3.63) is 47.4 Å². The molecule has 0 spiro atoms. The van der Waals surface area contributed by atoms with Crippen LogP contribution in [0.25, 0.3) is 10.1 Å². The highest BCUT2D eigenvalue weighted by atomic mass is 35.5. The number of thiophene rings is 1. The Morgan fingerprint density at radius 1 is 1.43 bits per heavy atom. The summed E-state index contributed by atoms with van der Waals surface area (Å²) in [6, 6.07) is 8.54. The molecule has 2 nitrogen and oxygen atoms in total. The molecule has 0 saturated heterocycles. The summed E-state index contributed by atoms with van der Waals surface area (Å²) in [5.74, 6) is 0.728. The first kappa shape index (κ1) is 17.7. The molecule has 0 bridgehead atoms. The molecule has 0 aliphatic carbocycles. The van der Waals surface area contributed by atoms with E-state index < -0.39 is 0 Å². The standard InChI is InChI=1S/C17H22N2S.ClH/c1-3-5-8-12(7-4-2)13-9-6-10-15-14(13)11-16(20-15)17(18)19;/h3,6,9-12H,1,4-5,7-8H2,2H3,(H3,18,19);1H. The maximum atomic E-state index is 7.61. The van der Waals surface area contributed by atoms with Gasteiger partial charge in [-0.15, -0.1) is 30.3 Å². The van der Waals surface area contributed by atoms with Gasteiger partial charge in [-0.3, -0.25) is 5.41 Å². The van der Waals surface area contributed by atoms with Crippen molar-refractivity contribution in [3.8, 4) is 0 Å². The third-order valence-corrected chi connectivity index (χ3v) is 4.79. The number of amidine groups is 1. The van der Waals surface area contributed by atoms with Gasteiger partial charge in [0.25, 0.3) is 0 Å². The summed E-state index contributed by atoms with van der Waals surface area (Å²) in [6.45, 7) is 6.07. The van der Waals surface area contributed by atoms with E-state index in [4.69, 9.17) is 11.1 Å². The quantitative estimate of drug-likeness (QED) is 0.397. The topological polar surface area (TPSA) is 49.9 Å². The molecule has 1 atom stereocenters. The van der Waals surface area contributed by atoms with E-state index >= 15 is 0 Å². The zero-order valence-electron chi connectivity index (χ0n) is 12.4. The molecule has 0 amide bonds. The lowest BCUT2D eigenvalue weighted by atomic mass is 9.88. The Kier molecular flexibility index (Phi) is 6.93. The molecule has 1 unspecified atom stereocenters. The van der Waals surface area contributed by atoms with Gasteiger partial charge < -0.3 is 5.73 Å². The maximum Gasteiger partial charge on any atom is 0.133 e. The number of rotatable bonds is 7. The summed E-state index contributed by atoms with van der Waals surface area (Å²) in [6.07, 6.45) is 6.56. The normalized spacial score (nSPS) is 11.9. The first-order chi connectivity index (χ1) is 9.67. The fourth-order valence-electron chi connectivity index (χ4n) is 2.70. The van der Waals surface area contributed by atoms with Crippen LogP contribution < -0.4 is 5.73 Å². The minimum absolute atomic E-state index is 0. The van der Waals surface area contributed by atoms with E-state index in [1.54, 1.807) is 11.3 Å². The number of nitrogen functional groups attached to an aromatic ring is 1. The Labute approximate surface area is 137 Å². The van der Waals surface area contributed by atoms with Gasteiger partial charge in [-0.1, -0.05) is 31.6 Å². The first-order valence-corrected chi connectivity index (χ1v) is 7.96. The Morgan fingerprint density at radius 2 is 2.19 bits per heavy atom. The largest absolute Gasteiger partial charge is 0.383 e. The smallest absolute Gasteiger partial charge is 0.133 e. The van der Waals surface area contributed by atoms with Crippen molar-refractivity contribution in [1.29, 1.82) is 5.41 Å². The van der Waals surface area contributed by atoms with Crippen LogP contribution in [0.1, 0.15) is 49.0 Å². The average molecular weight is 323 g/mol. The van der Waals surface area contributed by atoms with Crippen molar-refractivity contribution in [2.24, 2.45) is 5.73 Å². The third-order valence-electron chi connectivity index (χ3n) is 3.66. The fraction of sp³-hybridized carbons (Fsp3) is 0.353. The number of nitrogens with two attached hydrogens (primary N) is 1. The van der Waals surface area contributed by atoms with Crippen LogP contribution in [0.15, 0.2) is 36.9 Å². The molecule has 1 heterocycles. The second-order valence-electron chi connectivity index (χ2n) is 5.14. The summed E-state index contributed by atoms with van der Waals surface area (Å²) in [5.41, 5.74) is 7.02. The van der Waals surface area contributed by atoms with Gasteiger partial charge in [0, 0.05) is 4.70 Å². The molecule has 0 saturated carbocycles. The van der Waals surface area contributed by atoms with Crippen molar-refractivity contribution < 1.29 is 0 Å². The van der Waals surface area contributed by atoms with E-state index in [2.05, 4.69) is 37.8 Å². The zero-order valence-corrected chi connectivity index (χ0v) is 14.0. The van der Waals surface area contributed by atoms with Crippen LogP contribution in [0.5, 0.6) is 0 Å². The molecule has 114 valence electrons. The summed E-state index contributed by atoms with van der Waals surface area (Å²) < 4.78 is 1.23. The van der Waals surface area contributed by atoms with Crippen LogP contribution in [-0.4, -0.2) is 5.84 Å². The molecular formula is C17H23ClN2S. The summed E-state index contributed by atoms with van der Waals surface area (Å²) >= 11 is 1.61. The predicted octanol–water partition coefficient (Wildman–Crippen LogP) is 5.46. The summed E-state index contributed by atoms with van der Waals surface area (Å²) in [4.78, 5) is 0.867. The van der Waals surface area contributed by atoms with Gasteiger partial charge in [-0.05, 0) is 48.3 Å². The highest BCUT2D eigenvalue weighted by molar-refractivity contribution is 7.20. The van der Waals surface area contributed by atoms with Crippen LogP contribution in [0, 0.1) is 5.41 Å². The third kappa shape index (κ3) is 4.08. The molecule has 0 radical (unpaired) electrons. The van der Waals surface area contributed by atoms with Crippen LogP contribution in [-0.2, 0) is 0 Å². The number of halogens is 1. The monoisotopic (exact) mass is 322 g/mol. The van der Waals surface area contributed by atoms with Crippen LogP contribution in [0.3, 0.4) is 0 Å². The van der Waals surface area contributed by atoms with Gasteiger partial charge in [0.1, 0.15) is 5.84 Å². The van der Waals surface area contributed by atoms with E-state index in [1.807, 2.05) is 6.08 Å². The molecule has 1 aromatic heterocycles. The number of hydrogen-bond acceptors (Lipinski definition) is 2. The van der Waals surface area contributed by atoms with Crippen molar-refractivity contribution in [3.63, 3.8) is 0 Å². The summed E-state index contributed by atoms with van der Waals surface area (Å²) in [5, 5.41) is 8.88. The molecule has 2 rings (SSSR count). The second kappa shape index (κ2) is 8.20. The van der Waals surface area contributed by atoms with Crippen molar-refractivity contribution >= 4 is 39.7 Å². The number of fused-ring (bicyclic) bond motifs is 1. The Morgan fingerprint density at radius 3 is 2.81 bits per heavy atom. The Balaban J connectivity index is 0.00000220. The predicted molar refractivity (Wildman–Crippen MR) is 97.2 cm³/mol. The lowest BCUT2D eigenvalue weighted by Gasteiger charge is -2.17. The molecule has 21 heavy (non-hydrogen) atoms.